The van der Waals surface area contributed by atoms with Crippen molar-refractivity contribution in [2.75, 3.05) is 6.54 Å². The molecule has 0 amide bonds. The predicted molar refractivity (Wildman–Crippen MR) is 81.1 cm³/mol. The van der Waals surface area contributed by atoms with Gasteiger partial charge in [0.15, 0.2) is 0 Å². The van der Waals surface area contributed by atoms with Gasteiger partial charge in [0.2, 0.25) is 5.89 Å². The molecule has 0 spiro atoms. The molecule has 5 nitrogen and oxygen atoms in total. The first-order valence-corrected chi connectivity index (χ1v) is 7.65. The van der Waals surface area contributed by atoms with E-state index >= 15 is 0 Å². The molecular weight excluding hydrogens is 264 g/mol. The lowest BCUT2D eigenvalue weighted by Crippen LogP contribution is -2.30. The van der Waals surface area contributed by atoms with Crippen LogP contribution in [0.5, 0.6) is 0 Å². The van der Waals surface area contributed by atoms with Gasteiger partial charge in [-0.05, 0) is 13.8 Å². The minimum atomic E-state index is 0.464. The normalized spacial score (nSPS) is 15.7. The van der Waals surface area contributed by atoms with Gasteiger partial charge in [-0.25, -0.2) is 9.97 Å². The van der Waals surface area contributed by atoms with Gasteiger partial charge in [0.05, 0.1) is 17.9 Å². The van der Waals surface area contributed by atoms with Gasteiger partial charge in [0.1, 0.15) is 11.6 Å². The van der Waals surface area contributed by atoms with Gasteiger partial charge in [-0.15, -0.1) is 0 Å². The molecule has 1 aliphatic heterocycles. The third-order valence-electron chi connectivity index (χ3n) is 4.32. The van der Waals surface area contributed by atoms with Gasteiger partial charge < -0.3 is 8.98 Å². The zero-order valence-corrected chi connectivity index (χ0v) is 13.6. The van der Waals surface area contributed by atoms with Crippen molar-refractivity contribution in [3.63, 3.8) is 0 Å². The van der Waals surface area contributed by atoms with Crippen LogP contribution in [0.25, 0.3) is 0 Å². The molecule has 0 unspecified atom stereocenters. The quantitative estimate of drug-likeness (QED) is 0.871. The number of nitrogens with zero attached hydrogens (tertiary/aromatic N) is 4. The highest BCUT2D eigenvalue weighted by Gasteiger charge is 2.24. The SMILES string of the molecule is Cc1nc(CN2CCc3c(nc(C(C)C)n3C)C2)oc1C. The number of aryl methyl sites for hydroxylation is 2. The molecule has 0 radical (unpaired) electrons. The molecule has 0 fully saturated rings. The minimum Gasteiger partial charge on any atom is -0.444 e. The highest BCUT2D eigenvalue weighted by molar-refractivity contribution is 5.21. The highest BCUT2D eigenvalue weighted by Crippen LogP contribution is 2.24. The van der Waals surface area contributed by atoms with E-state index in [1.165, 1.54) is 17.2 Å². The Balaban J connectivity index is 1.76. The first kappa shape index (κ1) is 14.3. The van der Waals surface area contributed by atoms with Crippen LogP contribution >= 0.6 is 0 Å². The van der Waals surface area contributed by atoms with E-state index in [4.69, 9.17) is 9.40 Å². The molecule has 21 heavy (non-hydrogen) atoms. The van der Waals surface area contributed by atoms with Crippen molar-refractivity contribution in [2.45, 2.75) is 53.1 Å². The van der Waals surface area contributed by atoms with E-state index in [-0.39, 0.29) is 0 Å². The summed E-state index contributed by atoms with van der Waals surface area (Å²) in [6, 6.07) is 0. The molecular formula is C16H24N4O. The Morgan fingerprint density at radius 3 is 2.62 bits per heavy atom. The zero-order chi connectivity index (χ0) is 15.1. The summed E-state index contributed by atoms with van der Waals surface area (Å²) >= 11 is 0. The van der Waals surface area contributed by atoms with Gasteiger partial charge in [0.25, 0.3) is 0 Å². The fraction of sp³-hybridized carbons (Fsp3) is 0.625. The van der Waals surface area contributed by atoms with Crippen LogP contribution in [0, 0.1) is 13.8 Å². The smallest absolute Gasteiger partial charge is 0.208 e. The van der Waals surface area contributed by atoms with Crippen molar-refractivity contribution in [2.24, 2.45) is 7.05 Å². The molecule has 1 aliphatic rings. The van der Waals surface area contributed by atoms with Gasteiger partial charge in [0, 0.05) is 38.2 Å². The molecule has 0 aliphatic carbocycles. The maximum atomic E-state index is 5.69. The van der Waals surface area contributed by atoms with Crippen LogP contribution < -0.4 is 0 Å². The summed E-state index contributed by atoms with van der Waals surface area (Å²) in [5, 5.41) is 0. The van der Waals surface area contributed by atoms with E-state index in [2.05, 4.69) is 35.3 Å². The van der Waals surface area contributed by atoms with E-state index in [1.54, 1.807) is 0 Å². The monoisotopic (exact) mass is 288 g/mol. The zero-order valence-electron chi connectivity index (χ0n) is 13.6. The third kappa shape index (κ3) is 2.62. The molecule has 2 aromatic heterocycles. The summed E-state index contributed by atoms with van der Waals surface area (Å²) in [5.74, 6) is 3.38. The van der Waals surface area contributed by atoms with Gasteiger partial charge >= 0.3 is 0 Å². The van der Waals surface area contributed by atoms with Crippen LogP contribution in [0.2, 0.25) is 0 Å². The Morgan fingerprint density at radius 1 is 1.24 bits per heavy atom. The van der Waals surface area contributed by atoms with E-state index < -0.39 is 0 Å². The van der Waals surface area contributed by atoms with Crippen molar-refractivity contribution in [1.29, 1.82) is 0 Å². The van der Waals surface area contributed by atoms with Crippen LogP contribution in [-0.2, 0) is 26.6 Å². The Bertz CT molecular complexity index is 634. The first-order chi connectivity index (χ1) is 9.95. The molecule has 0 saturated carbocycles. The highest BCUT2D eigenvalue weighted by atomic mass is 16.4. The molecule has 5 heteroatoms. The predicted octanol–water partition coefficient (Wildman–Crippen LogP) is 2.71. The van der Waals surface area contributed by atoms with Crippen LogP contribution in [0.4, 0.5) is 0 Å². The van der Waals surface area contributed by atoms with Gasteiger partial charge in [-0.1, -0.05) is 13.8 Å². The van der Waals surface area contributed by atoms with E-state index in [0.29, 0.717) is 5.92 Å². The second kappa shape index (κ2) is 5.30. The molecule has 114 valence electrons. The minimum absolute atomic E-state index is 0.464. The Kier molecular flexibility index (Phi) is 3.61. The number of hydrogen-bond donors (Lipinski definition) is 0. The maximum absolute atomic E-state index is 5.69. The number of hydrogen-bond acceptors (Lipinski definition) is 4. The third-order valence-corrected chi connectivity index (χ3v) is 4.32. The Morgan fingerprint density at radius 2 is 2.00 bits per heavy atom. The van der Waals surface area contributed by atoms with Gasteiger partial charge in [-0.2, -0.15) is 0 Å². The fourth-order valence-electron chi connectivity index (χ4n) is 3.05. The first-order valence-electron chi connectivity index (χ1n) is 7.65. The lowest BCUT2D eigenvalue weighted by Gasteiger charge is -2.25. The molecule has 3 rings (SSSR count). The second-order valence-corrected chi connectivity index (χ2v) is 6.29. The summed E-state index contributed by atoms with van der Waals surface area (Å²) in [4.78, 5) is 11.7. The average molecular weight is 288 g/mol. The number of fused-ring (bicyclic) bond motifs is 1. The standard InChI is InChI=1S/C16H24N4O/c1-10(2)16-18-13-8-20(7-6-14(13)19(16)5)9-15-17-11(3)12(4)21-15/h10H,6-9H2,1-5H3. The van der Waals surface area contributed by atoms with Crippen LogP contribution in [0.3, 0.4) is 0 Å². The summed E-state index contributed by atoms with van der Waals surface area (Å²) in [6.07, 6.45) is 1.05. The number of rotatable bonds is 3. The molecule has 0 N–H and O–H groups in total. The topological polar surface area (TPSA) is 47.1 Å². The molecule has 2 aromatic rings. The maximum Gasteiger partial charge on any atom is 0.208 e. The van der Waals surface area contributed by atoms with Crippen LogP contribution in [0.15, 0.2) is 4.42 Å². The lowest BCUT2D eigenvalue weighted by molar-refractivity contribution is 0.215. The number of aromatic nitrogens is 3. The summed E-state index contributed by atoms with van der Waals surface area (Å²) < 4.78 is 7.97. The molecule has 0 atom stereocenters. The number of oxazole rings is 1. The lowest BCUT2D eigenvalue weighted by atomic mass is 10.1. The van der Waals surface area contributed by atoms with Crippen molar-refractivity contribution in [3.8, 4) is 0 Å². The summed E-state index contributed by atoms with van der Waals surface area (Å²) in [5.41, 5.74) is 3.59. The molecule has 0 aromatic carbocycles. The Labute approximate surface area is 126 Å². The molecule has 0 bridgehead atoms. The molecule has 3 heterocycles. The van der Waals surface area contributed by atoms with E-state index in [0.717, 1.165) is 43.4 Å². The molecule has 0 saturated heterocycles. The summed E-state index contributed by atoms with van der Waals surface area (Å²) in [6.45, 7) is 11.0. The largest absolute Gasteiger partial charge is 0.444 e. The van der Waals surface area contributed by atoms with Crippen LogP contribution in [-0.4, -0.2) is 26.0 Å². The van der Waals surface area contributed by atoms with Crippen molar-refractivity contribution < 1.29 is 4.42 Å². The number of imidazole rings is 1. The van der Waals surface area contributed by atoms with Crippen molar-refractivity contribution >= 4 is 0 Å². The average Bonchev–Trinajstić information content (AvgIpc) is 2.91. The van der Waals surface area contributed by atoms with Crippen molar-refractivity contribution in [3.05, 3.63) is 34.6 Å². The van der Waals surface area contributed by atoms with E-state index in [9.17, 15) is 0 Å². The second-order valence-electron chi connectivity index (χ2n) is 6.29. The van der Waals surface area contributed by atoms with Crippen LogP contribution in [0.1, 0.15) is 54.3 Å². The van der Waals surface area contributed by atoms with E-state index in [1.807, 2.05) is 13.8 Å². The fourth-order valence-corrected chi connectivity index (χ4v) is 3.05. The van der Waals surface area contributed by atoms with Gasteiger partial charge in [-0.3, -0.25) is 4.90 Å². The Hall–Kier alpha value is -1.62. The summed E-state index contributed by atoms with van der Waals surface area (Å²) in [7, 11) is 2.14. The van der Waals surface area contributed by atoms with Crippen molar-refractivity contribution in [1.82, 2.24) is 19.4 Å².